The third-order valence-electron chi connectivity index (χ3n) is 2.28. The van der Waals surface area contributed by atoms with Crippen LogP contribution in [0.1, 0.15) is 27.7 Å². The highest BCUT2D eigenvalue weighted by atomic mass is 14.9. The minimum Gasteiger partial charge on any atom is -0.329 e. The summed E-state index contributed by atoms with van der Waals surface area (Å²) >= 11 is 0. The summed E-state index contributed by atoms with van der Waals surface area (Å²) < 4.78 is 0. The van der Waals surface area contributed by atoms with E-state index in [0.29, 0.717) is 19.6 Å². The molecule has 0 radical (unpaired) electrons. The van der Waals surface area contributed by atoms with Crippen molar-refractivity contribution in [1.82, 2.24) is 5.32 Å². The zero-order valence-corrected chi connectivity index (χ0v) is 17.1. The number of rotatable bonds is 12. The summed E-state index contributed by atoms with van der Waals surface area (Å²) in [5.41, 5.74) is 10.5. The van der Waals surface area contributed by atoms with Crippen LogP contribution in [0.3, 0.4) is 0 Å². The number of hydrogen-bond donors (Lipinski definition) is 3. The predicted molar refractivity (Wildman–Crippen MR) is 120 cm³/mol. The Morgan fingerprint density at radius 3 is 1.54 bits per heavy atom. The minimum atomic E-state index is 0.586. The van der Waals surface area contributed by atoms with Gasteiger partial charge < -0.3 is 16.8 Å². The Labute approximate surface area is 160 Å². The van der Waals surface area contributed by atoms with E-state index < -0.39 is 0 Å². The van der Waals surface area contributed by atoms with Crippen molar-refractivity contribution in [3.8, 4) is 0 Å². The highest BCUT2D eigenvalue weighted by Crippen LogP contribution is 1.66. The second-order valence-corrected chi connectivity index (χ2v) is 4.49. The van der Waals surface area contributed by atoms with Gasteiger partial charge in [0, 0.05) is 70.7 Å². The normalized spacial score (nSPS) is 11.5. The molecule has 152 valence electrons. The molecule has 0 unspecified atom stereocenters. The van der Waals surface area contributed by atoms with Crippen molar-refractivity contribution in [2.45, 2.75) is 27.7 Å². The lowest BCUT2D eigenvalue weighted by Crippen LogP contribution is -2.24. The zero-order chi connectivity index (χ0) is 20.1. The van der Waals surface area contributed by atoms with Crippen molar-refractivity contribution in [3.05, 3.63) is 0 Å². The van der Waals surface area contributed by atoms with E-state index in [1.54, 1.807) is 31.1 Å². The van der Waals surface area contributed by atoms with Crippen molar-refractivity contribution < 1.29 is 0 Å². The largest absolute Gasteiger partial charge is 0.329 e. The lowest BCUT2D eigenvalue weighted by Gasteiger charge is -1.97. The van der Waals surface area contributed by atoms with Crippen LogP contribution in [-0.2, 0) is 0 Å². The van der Waals surface area contributed by atoms with Crippen LogP contribution in [0.4, 0.5) is 0 Å². The van der Waals surface area contributed by atoms with Gasteiger partial charge in [0.15, 0.2) is 0 Å². The summed E-state index contributed by atoms with van der Waals surface area (Å²) in [6.45, 7) is 14.9. The molecule has 0 saturated carbocycles. The summed E-state index contributed by atoms with van der Waals surface area (Å²) in [5, 5.41) is 3.13. The second kappa shape index (κ2) is 34.5. The average Bonchev–Trinajstić information content (AvgIpc) is 2.66. The Kier molecular flexibility index (Phi) is 38.5. The van der Waals surface area contributed by atoms with Gasteiger partial charge in [-0.15, -0.1) is 0 Å². The molecule has 0 saturated heterocycles. The standard InChI is InChI=1S/C8H19N5.C6H12N2.C4H9N/c9-1-3-11-5-7-13-8-6-12-4-2-10;1-3-7-5-6-8-4-2;1-3-5-4-2/h5,7,12H,1-4,6,8-10H2;5-6H,3-4H2,1-2H3;3H,4H2,1-2H3. The molecule has 0 bridgehead atoms. The van der Waals surface area contributed by atoms with Crippen LogP contribution in [0.2, 0.25) is 0 Å². The van der Waals surface area contributed by atoms with Crippen molar-refractivity contribution in [2.75, 3.05) is 58.9 Å². The Hall–Kier alpha value is -1.77. The van der Waals surface area contributed by atoms with Gasteiger partial charge in [0.25, 0.3) is 0 Å². The Morgan fingerprint density at radius 2 is 1.15 bits per heavy atom. The molecule has 0 aliphatic carbocycles. The molecule has 8 nitrogen and oxygen atoms in total. The SMILES string of the molecule is CC=NCC.CCN=CC=NCC.NCCN=CC=NCCNCCN. The van der Waals surface area contributed by atoms with Crippen molar-refractivity contribution in [2.24, 2.45) is 36.4 Å². The fourth-order valence-electron chi connectivity index (χ4n) is 1.18. The third kappa shape index (κ3) is 43.2. The molecule has 0 aliphatic rings. The van der Waals surface area contributed by atoms with Gasteiger partial charge in [0.1, 0.15) is 0 Å². The first-order valence-electron chi connectivity index (χ1n) is 9.26. The highest BCUT2D eigenvalue weighted by molar-refractivity contribution is 6.16. The fraction of sp³-hybridized carbons (Fsp3) is 0.722. The molecular weight excluding hydrogens is 328 g/mol. The predicted octanol–water partition coefficient (Wildman–Crippen LogP) is 0.900. The van der Waals surface area contributed by atoms with Crippen LogP contribution in [0, 0.1) is 0 Å². The van der Waals surface area contributed by atoms with Crippen LogP contribution >= 0.6 is 0 Å². The van der Waals surface area contributed by atoms with Gasteiger partial charge in [-0.05, 0) is 33.9 Å². The topological polar surface area (TPSA) is 126 Å². The first-order chi connectivity index (χ1) is 12.7. The Balaban J connectivity index is -0.000000346. The number of aliphatic imine (C=N–C) groups is 5. The maximum atomic E-state index is 5.29. The molecule has 0 fully saturated rings. The third-order valence-corrected chi connectivity index (χ3v) is 2.28. The van der Waals surface area contributed by atoms with E-state index in [0.717, 1.165) is 39.3 Å². The lowest BCUT2D eigenvalue weighted by molar-refractivity contribution is 0.698. The van der Waals surface area contributed by atoms with Crippen LogP contribution < -0.4 is 16.8 Å². The van der Waals surface area contributed by atoms with Crippen LogP contribution in [0.5, 0.6) is 0 Å². The highest BCUT2D eigenvalue weighted by Gasteiger charge is 1.80. The van der Waals surface area contributed by atoms with E-state index in [1.165, 1.54) is 0 Å². The molecule has 0 amide bonds. The average molecular weight is 369 g/mol. The number of nitrogens with one attached hydrogen (secondary N) is 1. The molecule has 5 N–H and O–H groups in total. The number of nitrogens with two attached hydrogens (primary N) is 2. The van der Waals surface area contributed by atoms with Crippen LogP contribution in [0.15, 0.2) is 25.0 Å². The summed E-state index contributed by atoms with van der Waals surface area (Å²) in [6.07, 6.45) is 8.63. The van der Waals surface area contributed by atoms with E-state index in [-0.39, 0.29) is 0 Å². The first-order valence-corrected chi connectivity index (χ1v) is 9.26. The number of nitrogens with zero attached hydrogens (tertiary/aromatic N) is 5. The summed E-state index contributed by atoms with van der Waals surface area (Å²) in [6, 6.07) is 0. The molecular formula is C18H40N8. The van der Waals surface area contributed by atoms with E-state index >= 15 is 0 Å². The molecule has 0 spiro atoms. The molecule has 0 rings (SSSR count). The van der Waals surface area contributed by atoms with Crippen molar-refractivity contribution in [1.29, 1.82) is 0 Å². The van der Waals surface area contributed by atoms with E-state index in [2.05, 4.69) is 30.3 Å². The smallest absolute Gasteiger partial charge is 0.0514 e. The molecule has 0 heterocycles. The van der Waals surface area contributed by atoms with Crippen molar-refractivity contribution >= 4 is 31.1 Å². The van der Waals surface area contributed by atoms with Gasteiger partial charge in [-0.2, -0.15) is 0 Å². The van der Waals surface area contributed by atoms with Crippen LogP contribution in [0.25, 0.3) is 0 Å². The monoisotopic (exact) mass is 368 g/mol. The van der Waals surface area contributed by atoms with Gasteiger partial charge in [-0.3, -0.25) is 25.0 Å². The van der Waals surface area contributed by atoms with E-state index in [1.807, 2.05) is 27.7 Å². The maximum Gasteiger partial charge on any atom is 0.0514 e. The molecule has 0 aromatic heterocycles. The number of hydrogen-bond acceptors (Lipinski definition) is 8. The first kappa shape index (κ1) is 29.0. The Bertz CT molecular complexity index is 350. The molecule has 0 atom stereocenters. The maximum absolute atomic E-state index is 5.29. The van der Waals surface area contributed by atoms with Gasteiger partial charge >= 0.3 is 0 Å². The summed E-state index contributed by atoms with van der Waals surface area (Å²) in [4.78, 5) is 19.8. The molecule has 0 aliphatic heterocycles. The fourth-order valence-corrected chi connectivity index (χ4v) is 1.18. The minimum absolute atomic E-state index is 0.586. The zero-order valence-electron chi connectivity index (χ0n) is 17.1. The molecule has 26 heavy (non-hydrogen) atoms. The molecule has 0 aromatic carbocycles. The molecule has 8 heteroatoms. The van der Waals surface area contributed by atoms with Gasteiger partial charge in [0.05, 0.1) is 13.1 Å². The quantitative estimate of drug-likeness (QED) is 0.350. The van der Waals surface area contributed by atoms with Gasteiger partial charge in [-0.1, -0.05) is 0 Å². The summed E-state index contributed by atoms with van der Waals surface area (Å²) in [5.74, 6) is 0. The van der Waals surface area contributed by atoms with E-state index in [4.69, 9.17) is 11.5 Å². The van der Waals surface area contributed by atoms with Gasteiger partial charge in [0.2, 0.25) is 0 Å². The van der Waals surface area contributed by atoms with E-state index in [9.17, 15) is 0 Å². The molecule has 0 aromatic rings. The van der Waals surface area contributed by atoms with Crippen molar-refractivity contribution in [3.63, 3.8) is 0 Å². The van der Waals surface area contributed by atoms with Gasteiger partial charge in [-0.25, -0.2) is 0 Å². The van der Waals surface area contributed by atoms with Crippen LogP contribution in [-0.4, -0.2) is 90.0 Å². The summed E-state index contributed by atoms with van der Waals surface area (Å²) in [7, 11) is 0. The Morgan fingerprint density at radius 1 is 0.654 bits per heavy atom. The lowest BCUT2D eigenvalue weighted by atomic mass is 10.5. The second-order valence-electron chi connectivity index (χ2n) is 4.49.